The van der Waals surface area contributed by atoms with E-state index in [2.05, 4.69) is 95.3 Å². The highest BCUT2D eigenvalue weighted by Gasteiger charge is 2.33. The number of benzene rings is 3. The zero-order valence-electron chi connectivity index (χ0n) is 22.6. The number of nitrogens with zero attached hydrogens (tertiary/aromatic N) is 1. The van der Waals surface area contributed by atoms with Crippen molar-refractivity contribution >= 4 is 5.69 Å². The topological polar surface area (TPSA) is 26.0 Å². The summed E-state index contributed by atoms with van der Waals surface area (Å²) in [5, 5.41) is 0. The largest absolute Gasteiger partial charge is 0.399 e. The molecule has 35 heavy (non-hydrogen) atoms. The molecule has 4 rings (SSSR count). The van der Waals surface area contributed by atoms with Crippen LogP contribution in [0.15, 0.2) is 60.7 Å². The standard InChI is InChI=1S/C33H45N2/c1-6-29-20-30-16-18-35(22-28-11-13-33(34)14-12-28,17-15-27-9-7-25(4)8-10-27)23-32(30)21-31(29)19-26(5)24(2)3/h7-14,20-21,24,26H,6,15-19,22-23,34H2,1-5H3/q+1. The van der Waals surface area contributed by atoms with Crippen LogP contribution in [0.4, 0.5) is 5.69 Å². The zero-order valence-corrected chi connectivity index (χ0v) is 22.6. The van der Waals surface area contributed by atoms with Crippen molar-refractivity contribution in [1.29, 1.82) is 0 Å². The smallest absolute Gasteiger partial charge is 0.105 e. The van der Waals surface area contributed by atoms with Crippen LogP contribution >= 0.6 is 0 Å². The third-order valence-corrected chi connectivity index (χ3v) is 8.44. The maximum absolute atomic E-state index is 6.00. The molecule has 1 heterocycles. The molecule has 0 aliphatic carbocycles. The van der Waals surface area contributed by atoms with Crippen LogP contribution in [0.3, 0.4) is 0 Å². The highest BCUT2D eigenvalue weighted by molar-refractivity contribution is 5.41. The first kappa shape index (κ1) is 25.5. The second-order valence-electron chi connectivity index (χ2n) is 11.5. The SMILES string of the molecule is CCc1cc2c(cc1CC(C)C(C)C)C[N+](CCc1ccc(C)cc1)(Cc1ccc(N)cc1)CC2. The highest BCUT2D eigenvalue weighted by atomic mass is 15.4. The molecule has 3 aromatic rings. The van der Waals surface area contributed by atoms with Crippen molar-refractivity contribution < 1.29 is 4.48 Å². The average Bonchev–Trinajstić information content (AvgIpc) is 2.84. The summed E-state index contributed by atoms with van der Waals surface area (Å²) in [5.41, 5.74) is 17.3. The summed E-state index contributed by atoms with van der Waals surface area (Å²) in [5.74, 6) is 1.42. The normalized spacial score (nSPS) is 18.5. The number of rotatable bonds is 9. The second-order valence-corrected chi connectivity index (χ2v) is 11.5. The van der Waals surface area contributed by atoms with Gasteiger partial charge in [-0.05, 0) is 72.1 Å². The molecule has 0 bridgehead atoms. The molecular weight excluding hydrogens is 424 g/mol. The Kier molecular flexibility index (Phi) is 8.02. The van der Waals surface area contributed by atoms with Gasteiger partial charge in [0.25, 0.3) is 0 Å². The predicted molar refractivity (Wildman–Crippen MR) is 150 cm³/mol. The number of hydrogen-bond donors (Lipinski definition) is 1. The number of anilines is 1. The molecule has 0 saturated heterocycles. The van der Waals surface area contributed by atoms with Gasteiger partial charge in [0.1, 0.15) is 13.1 Å². The Labute approximate surface area is 213 Å². The molecule has 2 unspecified atom stereocenters. The van der Waals surface area contributed by atoms with E-state index in [9.17, 15) is 0 Å². The molecular formula is C33H45N2+. The molecule has 2 nitrogen and oxygen atoms in total. The summed E-state index contributed by atoms with van der Waals surface area (Å²) >= 11 is 0. The molecule has 186 valence electrons. The molecule has 0 spiro atoms. The fourth-order valence-electron chi connectivity index (χ4n) is 5.61. The molecule has 0 radical (unpaired) electrons. The molecule has 2 heteroatoms. The fourth-order valence-corrected chi connectivity index (χ4v) is 5.61. The van der Waals surface area contributed by atoms with Gasteiger partial charge in [-0.2, -0.15) is 0 Å². The van der Waals surface area contributed by atoms with E-state index in [0.717, 1.165) is 36.1 Å². The van der Waals surface area contributed by atoms with Gasteiger partial charge in [-0.3, -0.25) is 0 Å². The van der Waals surface area contributed by atoms with Crippen LogP contribution in [0.5, 0.6) is 0 Å². The zero-order chi connectivity index (χ0) is 25.0. The van der Waals surface area contributed by atoms with E-state index in [1.807, 2.05) is 0 Å². The minimum atomic E-state index is 0.706. The van der Waals surface area contributed by atoms with E-state index >= 15 is 0 Å². The van der Waals surface area contributed by atoms with E-state index < -0.39 is 0 Å². The number of hydrogen-bond acceptors (Lipinski definition) is 1. The molecule has 2 atom stereocenters. The molecule has 3 aromatic carbocycles. The third kappa shape index (κ3) is 6.35. The number of quaternary nitrogens is 1. The van der Waals surface area contributed by atoms with Gasteiger partial charge in [0.05, 0.1) is 13.1 Å². The third-order valence-electron chi connectivity index (χ3n) is 8.44. The molecule has 0 saturated carbocycles. The van der Waals surface area contributed by atoms with Gasteiger partial charge in [-0.15, -0.1) is 0 Å². The number of aryl methyl sites for hydroxylation is 2. The van der Waals surface area contributed by atoms with Gasteiger partial charge in [-0.25, -0.2) is 0 Å². The minimum absolute atomic E-state index is 0.706. The Hall–Kier alpha value is -2.58. The molecule has 1 aliphatic heterocycles. The van der Waals surface area contributed by atoms with Crippen molar-refractivity contribution in [2.24, 2.45) is 11.8 Å². The highest BCUT2D eigenvalue weighted by Crippen LogP contribution is 2.32. The lowest BCUT2D eigenvalue weighted by Gasteiger charge is -2.43. The van der Waals surface area contributed by atoms with Crippen molar-refractivity contribution in [2.75, 3.05) is 18.8 Å². The Morgan fingerprint density at radius 3 is 2.17 bits per heavy atom. The van der Waals surface area contributed by atoms with Crippen LogP contribution < -0.4 is 5.73 Å². The summed E-state index contributed by atoms with van der Waals surface area (Å²) in [6.45, 7) is 16.2. The summed E-state index contributed by atoms with van der Waals surface area (Å²) < 4.78 is 1.12. The summed E-state index contributed by atoms with van der Waals surface area (Å²) in [6, 6.07) is 22.8. The van der Waals surface area contributed by atoms with Crippen molar-refractivity contribution in [3.8, 4) is 0 Å². The minimum Gasteiger partial charge on any atom is -0.399 e. The quantitative estimate of drug-likeness (QED) is 0.258. The van der Waals surface area contributed by atoms with Gasteiger partial charge >= 0.3 is 0 Å². The number of fused-ring (bicyclic) bond motifs is 1. The monoisotopic (exact) mass is 469 g/mol. The Balaban J connectivity index is 1.64. The van der Waals surface area contributed by atoms with E-state index in [-0.39, 0.29) is 0 Å². The van der Waals surface area contributed by atoms with Crippen molar-refractivity contribution in [2.45, 2.75) is 73.4 Å². The maximum Gasteiger partial charge on any atom is 0.105 e. The van der Waals surface area contributed by atoms with E-state index in [4.69, 9.17) is 5.73 Å². The van der Waals surface area contributed by atoms with Gasteiger partial charge in [0.2, 0.25) is 0 Å². The van der Waals surface area contributed by atoms with E-state index in [1.165, 1.54) is 42.6 Å². The first-order valence-corrected chi connectivity index (χ1v) is 13.7. The molecule has 0 fully saturated rings. The summed E-state index contributed by atoms with van der Waals surface area (Å²) in [6.07, 6.45) is 4.61. The Morgan fingerprint density at radius 2 is 1.51 bits per heavy atom. The lowest BCUT2D eigenvalue weighted by atomic mass is 9.85. The van der Waals surface area contributed by atoms with Crippen LogP contribution in [-0.2, 0) is 38.8 Å². The molecule has 0 aromatic heterocycles. The average molecular weight is 470 g/mol. The van der Waals surface area contributed by atoms with Crippen LogP contribution in [0.2, 0.25) is 0 Å². The van der Waals surface area contributed by atoms with Crippen molar-refractivity contribution in [3.05, 3.63) is 99.6 Å². The first-order chi connectivity index (χ1) is 16.8. The lowest BCUT2D eigenvalue weighted by molar-refractivity contribution is -0.955. The Morgan fingerprint density at radius 1 is 0.857 bits per heavy atom. The molecule has 1 aliphatic rings. The van der Waals surface area contributed by atoms with E-state index in [0.29, 0.717) is 11.8 Å². The predicted octanol–water partition coefficient (Wildman–Crippen LogP) is 7.29. The van der Waals surface area contributed by atoms with Gasteiger partial charge in [-0.1, -0.05) is 75.7 Å². The van der Waals surface area contributed by atoms with Crippen molar-refractivity contribution in [1.82, 2.24) is 0 Å². The number of nitrogen functional groups attached to an aromatic ring is 1. The van der Waals surface area contributed by atoms with Crippen LogP contribution in [0, 0.1) is 18.8 Å². The number of nitrogens with two attached hydrogens (primary N) is 1. The van der Waals surface area contributed by atoms with Crippen LogP contribution in [-0.4, -0.2) is 17.6 Å². The fraction of sp³-hybridized carbons (Fsp3) is 0.455. The lowest BCUT2D eigenvalue weighted by Crippen LogP contribution is -2.51. The first-order valence-electron chi connectivity index (χ1n) is 13.7. The summed E-state index contributed by atoms with van der Waals surface area (Å²) in [7, 11) is 0. The Bertz CT molecular complexity index is 1110. The van der Waals surface area contributed by atoms with Crippen LogP contribution in [0.25, 0.3) is 0 Å². The van der Waals surface area contributed by atoms with Crippen LogP contribution in [0.1, 0.15) is 66.6 Å². The van der Waals surface area contributed by atoms with Gasteiger partial charge in [0.15, 0.2) is 0 Å². The summed E-state index contributed by atoms with van der Waals surface area (Å²) in [4.78, 5) is 0. The van der Waals surface area contributed by atoms with E-state index in [1.54, 1.807) is 22.3 Å². The second kappa shape index (κ2) is 11.0. The molecule has 0 amide bonds. The van der Waals surface area contributed by atoms with Gasteiger partial charge in [0, 0.05) is 29.7 Å². The maximum atomic E-state index is 6.00. The van der Waals surface area contributed by atoms with Crippen molar-refractivity contribution in [3.63, 3.8) is 0 Å². The molecule has 2 N–H and O–H groups in total. The van der Waals surface area contributed by atoms with Gasteiger partial charge < -0.3 is 10.2 Å².